The molecule has 0 aromatic rings. The minimum atomic E-state index is -0.899. The van der Waals surface area contributed by atoms with Crippen LogP contribution in [0.25, 0.3) is 0 Å². The average molecular weight is 445 g/mol. The van der Waals surface area contributed by atoms with Crippen molar-refractivity contribution in [2.45, 2.75) is 105 Å². The van der Waals surface area contributed by atoms with Crippen LogP contribution in [-0.2, 0) is 9.47 Å². The van der Waals surface area contributed by atoms with E-state index in [9.17, 15) is 5.11 Å². The highest BCUT2D eigenvalue weighted by Gasteiger charge is 2.08. The zero-order valence-corrected chi connectivity index (χ0v) is 21.0. The van der Waals surface area contributed by atoms with Gasteiger partial charge in [-0.3, -0.25) is 0 Å². The van der Waals surface area contributed by atoms with Crippen molar-refractivity contribution in [2.24, 2.45) is 17.8 Å². The van der Waals surface area contributed by atoms with Crippen LogP contribution in [0.4, 0.5) is 0 Å². The van der Waals surface area contributed by atoms with Crippen LogP contribution in [0.3, 0.4) is 0 Å². The minimum Gasteiger partial charge on any atom is -0.394 e. The monoisotopic (exact) mass is 444 g/mol. The van der Waals surface area contributed by atoms with Gasteiger partial charge in [-0.15, -0.1) is 0 Å². The SMILES string of the molecule is C/C(=C\COCC(O)COCC(O)CO)CCCC(C)CCCC(C)CCCC(C)C. The summed E-state index contributed by atoms with van der Waals surface area (Å²) in [5, 5.41) is 27.6. The molecule has 0 rings (SSSR count). The number of aliphatic hydroxyl groups excluding tert-OH is 3. The molecule has 0 fully saturated rings. The van der Waals surface area contributed by atoms with Gasteiger partial charge in [-0.2, -0.15) is 0 Å². The smallest absolute Gasteiger partial charge is 0.101 e. The molecular weight excluding hydrogens is 392 g/mol. The first-order valence-corrected chi connectivity index (χ1v) is 12.5. The molecule has 4 unspecified atom stereocenters. The van der Waals surface area contributed by atoms with Gasteiger partial charge in [0.2, 0.25) is 0 Å². The third-order valence-electron chi connectivity index (χ3n) is 5.83. The first-order valence-electron chi connectivity index (χ1n) is 12.5. The fourth-order valence-corrected chi connectivity index (χ4v) is 3.66. The quantitative estimate of drug-likeness (QED) is 0.169. The molecule has 0 aromatic heterocycles. The summed E-state index contributed by atoms with van der Waals surface area (Å²) in [6.07, 6.45) is 12.3. The van der Waals surface area contributed by atoms with Gasteiger partial charge in [-0.25, -0.2) is 0 Å². The molecule has 4 atom stereocenters. The van der Waals surface area contributed by atoms with Crippen molar-refractivity contribution in [3.63, 3.8) is 0 Å². The molecule has 0 aliphatic carbocycles. The van der Waals surface area contributed by atoms with Gasteiger partial charge in [0.15, 0.2) is 0 Å². The molecule has 31 heavy (non-hydrogen) atoms. The number of aliphatic hydroxyl groups is 3. The Morgan fingerprint density at radius 1 is 0.742 bits per heavy atom. The summed E-state index contributed by atoms with van der Waals surface area (Å²) in [4.78, 5) is 0. The maximum atomic E-state index is 9.76. The fraction of sp³-hybridized carbons (Fsp3) is 0.923. The van der Waals surface area contributed by atoms with Gasteiger partial charge in [0.25, 0.3) is 0 Å². The van der Waals surface area contributed by atoms with E-state index < -0.39 is 12.2 Å². The normalized spacial score (nSPS) is 16.5. The van der Waals surface area contributed by atoms with E-state index in [1.807, 2.05) is 0 Å². The topological polar surface area (TPSA) is 79.2 Å². The van der Waals surface area contributed by atoms with E-state index in [1.54, 1.807) is 0 Å². The number of hydrogen-bond acceptors (Lipinski definition) is 5. The van der Waals surface area contributed by atoms with Crippen LogP contribution >= 0.6 is 0 Å². The summed E-state index contributed by atoms with van der Waals surface area (Å²) in [6.45, 7) is 12.0. The maximum Gasteiger partial charge on any atom is 0.101 e. The summed E-state index contributed by atoms with van der Waals surface area (Å²) in [7, 11) is 0. The predicted octanol–water partition coefficient (Wildman–Crippen LogP) is 5.12. The third-order valence-corrected chi connectivity index (χ3v) is 5.83. The molecular formula is C26H52O5. The van der Waals surface area contributed by atoms with Gasteiger partial charge in [0, 0.05) is 0 Å². The molecule has 0 aliphatic heterocycles. The highest BCUT2D eigenvalue weighted by Crippen LogP contribution is 2.22. The average Bonchev–Trinajstić information content (AvgIpc) is 2.70. The second kappa shape index (κ2) is 20.2. The molecule has 0 saturated heterocycles. The van der Waals surface area contributed by atoms with E-state index in [4.69, 9.17) is 19.7 Å². The molecule has 0 aromatic carbocycles. The summed E-state index contributed by atoms with van der Waals surface area (Å²) < 4.78 is 10.6. The van der Waals surface area contributed by atoms with E-state index >= 15 is 0 Å². The van der Waals surface area contributed by atoms with Gasteiger partial charge in [-0.1, -0.05) is 84.3 Å². The molecule has 0 amide bonds. The van der Waals surface area contributed by atoms with Gasteiger partial charge in [0.05, 0.1) is 33.0 Å². The molecule has 5 nitrogen and oxygen atoms in total. The van der Waals surface area contributed by atoms with E-state index in [1.165, 1.54) is 56.9 Å². The molecule has 186 valence electrons. The first kappa shape index (κ1) is 30.5. The van der Waals surface area contributed by atoms with Crippen LogP contribution in [0.5, 0.6) is 0 Å². The lowest BCUT2D eigenvalue weighted by Crippen LogP contribution is -2.26. The zero-order chi connectivity index (χ0) is 23.5. The van der Waals surface area contributed by atoms with E-state index in [2.05, 4.69) is 40.7 Å². The summed E-state index contributed by atoms with van der Waals surface area (Å²) in [5.41, 5.74) is 1.34. The fourth-order valence-electron chi connectivity index (χ4n) is 3.66. The Morgan fingerprint density at radius 2 is 1.26 bits per heavy atom. The second-order valence-electron chi connectivity index (χ2n) is 9.97. The Balaban J connectivity index is 3.67. The maximum absolute atomic E-state index is 9.76. The van der Waals surface area contributed by atoms with Crippen molar-refractivity contribution in [1.29, 1.82) is 0 Å². The van der Waals surface area contributed by atoms with Crippen molar-refractivity contribution >= 4 is 0 Å². The number of allylic oxidation sites excluding steroid dienone is 1. The van der Waals surface area contributed by atoms with E-state index in [-0.39, 0.29) is 26.4 Å². The van der Waals surface area contributed by atoms with Gasteiger partial charge >= 0.3 is 0 Å². The van der Waals surface area contributed by atoms with Crippen molar-refractivity contribution in [3.8, 4) is 0 Å². The highest BCUT2D eigenvalue weighted by atomic mass is 16.5. The Kier molecular flexibility index (Phi) is 19.9. The van der Waals surface area contributed by atoms with Gasteiger partial charge < -0.3 is 24.8 Å². The molecule has 0 radical (unpaired) electrons. The van der Waals surface area contributed by atoms with Crippen molar-refractivity contribution < 1.29 is 24.8 Å². The van der Waals surface area contributed by atoms with Crippen LogP contribution in [0.15, 0.2) is 11.6 Å². The number of hydrogen-bond donors (Lipinski definition) is 3. The Hall–Kier alpha value is -0.460. The van der Waals surface area contributed by atoms with E-state index in [0.717, 1.165) is 24.2 Å². The number of rotatable bonds is 21. The van der Waals surface area contributed by atoms with Crippen molar-refractivity contribution in [3.05, 3.63) is 11.6 Å². The molecule has 0 saturated carbocycles. The van der Waals surface area contributed by atoms with E-state index in [0.29, 0.717) is 6.61 Å². The van der Waals surface area contributed by atoms with Gasteiger partial charge in [-0.05, 0) is 37.5 Å². The Labute approximate surface area is 192 Å². The molecule has 0 heterocycles. The minimum absolute atomic E-state index is 0.0162. The molecule has 5 heteroatoms. The second-order valence-corrected chi connectivity index (χ2v) is 9.97. The predicted molar refractivity (Wildman–Crippen MR) is 129 cm³/mol. The first-order chi connectivity index (χ1) is 14.7. The molecule has 0 spiro atoms. The lowest BCUT2D eigenvalue weighted by atomic mass is 9.91. The van der Waals surface area contributed by atoms with Crippen molar-refractivity contribution in [1.82, 2.24) is 0 Å². The highest BCUT2D eigenvalue weighted by molar-refractivity contribution is 4.97. The Morgan fingerprint density at radius 3 is 1.84 bits per heavy atom. The lowest BCUT2D eigenvalue weighted by Gasteiger charge is -2.15. The van der Waals surface area contributed by atoms with Crippen LogP contribution in [0.1, 0.15) is 92.4 Å². The molecule has 0 aliphatic rings. The number of ether oxygens (including phenoxy) is 2. The standard InChI is InChI=1S/C26H52O5/c1-21(2)9-6-10-22(3)11-7-12-23(4)13-8-14-24(5)15-16-30-19-26(29)20-31-18-25(28)17-27/h15,21-23,25-29H,6-14,16-20H2,1-5H3/b24-15+. The molecule has 3 N–H and O–H groups in total. The van der Waals surface area contributed by atoms with Gasteiger partial charge in [0.1, 0.15) is 12.2 Å². The van der Waals surface area contributed by atoms with Crippen LogP contribution < -0.4 is 0 Å². The third kappa shape index (κ3) is 21.2. The summed E-state index contributed by atoms with van der Waals surface area (Å²) in [6, 6.07) is 0. The summed E-state index contributed by atoms with van der Waals surface area (Å²) in [5.74, 6) is 2.50. The van der Waals surface area contributed by atoms with Crippen LogP contribution in [0.2, 0.25) is 0 Å². The lowest BCUT2D eigenvalue weighted by molar-refractivity contribution is -0.0450. The van der Waals surface area contributed by atoms with Crippen LogP contribution in [0, 0.1) is 17.8 Å². The Bertz CT molecular complexity index is 424. The zero-order valence-electron chi connectivity index (χ0n) is 21.0. The van der Waals surface area contributed by atoms with Crippen molar-refractivity contribution in [2.75, 3.05) is 33.0 Å². The largest absolute Gasteiger partial charge is 0.394 e. The molecule has 0 bridgehead atoms. The van der Waals surface area contributed by atoms with Crippen LogP contribution in [-0.4, -0.2) is 60.6 Å². The summed E-state index contributed by atoms with van der Waals surface area (Å²) >= 11 is 0.